The number of anilines is 1. The van der Waals surface area contributed by atoms with Crippen molar-refractivity contribution >= 4 is 57.8 Å². The zero-order chi connectivity index (χ0) is 22.7. The van der Waals surface area contributed by atoms with Crippen LogP contribution in [0.15, 0.2) is 72.3 Å². The Morgan fingerprint density at radius 2 is 1.78 bits per heavy atom. The first-order valence-electron chi connectivity index (χ1n) is 9.64. The number of amides is 2. The molecule has 1 fully saturated rings. The molecule has 0 aliphatic carbocycles. The topological polar surface area (TPSA) is 67.9 Å². The Kier molecular flexibility index (Phi) is 6.66. The summed E-state index contributed by atoms with van der Waals surface area (Å²) in [6.45, 7) is 0.277. The maximum Gasteiger partial charge on any atom is 0.282 e. The monoisotopic (exact) mass is 560 g/mol. The Morgan fingerprint density at radius 1 is 1.06 bits per heavy atom. The van der Waals surface area contributed by atoms with Gasteiger partial charge in [0, 0.05) is 10.6 Å². The average Bonchev–Trinajstić information content (AvgIpc) is 3.08. The van der Waals surface area contributed by atoms with Crippen LogP contribution in [0.4, 0.5) is 5.69 Å². The van der Waals surface area contributed by atoms with Gasteiger partial charge in [0.1, 0.15) is 12.2 Å². The maximum absolute atomic E-state index is 12.8. The highest BCUT2D eigenvalue weighted by molar-refractivity contribution is 14.1. The van der Waals surface area contributed by atoms with Crippen LogP contribution in [0.25, 0.3) is 6.08 Å². The number of hydrazine groups is 1. The largest absolute Gasteiger partial charge is 0.493 e. The van der Waals surface area contributed by atoms with Crippen LogP contribution in [0, 0.1) is 3.57 Å². The summed E-state index contributed by atoms with van der Waals surface area (Å²) in [6, 6.07) is 19.9. The molecule has 162 valence electrons. The minimum Gasteiger partial charge on any atom is -0.493 e. The molecule has 0 aromatic heterocycles. The highest BCUT2D eigenvalue weighted by atomic mass is 127. The third-order valence-electron chi connectivity index (χ3n) is 4.80. The quantitative estimate of drug-likeness (QED) is 0.262. The van der Waals surface area contributed by atoms with Crippen molar-refractivity contribution in [2.24, 2.45) is 0 Å². The minimum atomic E-state index is -0.466. The molecule has 6 nitrogen and oxygen atoms in total. The summed E-state index contributed by atoms with van der Waals surface area (Å²) in [7, 11) is 1.54. The van der Waals surface area contributed by atoms with E-state index in [0.29, 0.717) is 27.8 Å². The van der Waals surface area contributed by atoms with Crippen LogP contribution in [0.5, 0.6) is 11.5 Å². The fourth-order valence-electron chi connectivity index (χ4n) is 3.21. The van der Waals surface area contributed by atoms with E-state index in [0.717, 1.165) is 9.13 Å². The summed E-state index contributed by atoms with van der Waals surface area (Å²) in [4.78, 5) is 25.3. The number of para-hydroxylation sites is 1. The third-order valence-corrected chi connectivity index (χ3v) is 5.97. The van der Waals surface area contributed by atoms with Gasteiger partial charge in [-0.3, -0.25) is 15.0 Å². The molecule has 3 aromatic rings. The van der Waals surface area contributed by atoms with Gasteiger partial charge in [0.25, 0.3) is 11.8 Å². The lowest BCUT2D eigenvalue weighted by atomic mass is 10.1. The molecule has 1 aliphatic heterocycles. The van der Waals surface area contributed by atoms with E-state index < -0.39 is 11.8 Å². The summed E-state index contributed by atoms with van der Waals surface area (Å²) in [6.07, 6.45) is 1.54. The van der Waals surface area contributed by atoms with Gasteiger partial charge in [-0.15, -0.1) is 0 Å². The van der Waals surface area contributed by atoms with Crippen molar-refractivity contribution in [2.75, 3.05) is 12.1 Å². The SMILES string of the molecule is COc1cc(/C=C2/C(=O)NN(c3ccccc3)C2=O)cc(I)c1OCc1ccccc1Cl. The van der Waals surface area contributed by atoms with Gasteiger partial charge >= 0.3 is 0 Å². The number of nitrogens with one attached hydrogen (secondary N) is 1. The summed E-state index contributed by atoms with van der Waals surface area (Å²) in [5.41, 5.74) is 4.72. The van der Waals surface area contributed by atoms with Crippen molar-refractivity contribution in [3.63, 3.8) is 0 Å². The lowest BCUT2D eigenvalue weighted by Crippen LogP contribution is -2.35. The van der Waals surface area contributed by atoms with Crippen molar-refractivity contribution in [2.45, 2.75) is 6.61 Å². The number of rotatable bonds is 6. The van der Waals surface area contributed by atoms with Crippen LogP contribution < -0.4 is 19.9 Å². The van der Waals surface area contributed by atoms with Crippen LogP contribution in [-0.2, 0) is 16.2 Å². The molecular formula is C24H18ClIN2O4. The number of carbonyl (C=O) groups is 2. The Labute approximate surface area is 203 Å². The fourth-order valence-corrected chi connectivity index (χ4v) is 4.18. The Balaban J connectivity index is 1.60. The fraction of sp³-hybridized carbons (Fsp3) is 0.0833. The molecule has 0 saturated carbocycles. The first kappa shape index (κ1) is 22.2. The average molecular weight is 561 g/mol. The van der Waals surface area contributed by atoms with Crippen LogP contribution in [0.3, 0.4) is 0 Å². The van der Waals surface area contributed by atoms with E-state index in [1.165, 1.54) is 12.1 Å². The van der Waals surface area contributed by atoms with E-state index in [-0.39, 0.29) is 12.2 Å². The zero-order valence-corrected chi connectivity index (χ0v) is 19.9. The number of hydrogen-bond acceptors (Lipinski definition) is 4. The third kappa shape index (κ3) is 4.58. The van der Waals surface area contributed by atoms with Crippen molar-refractivity contribution in [1.82, 2.24) is 5.43 Å². The lowest BCUT2D eigenvalue weighted by Gasteiger charge is -2.14. The van der Waals surface area contributed by atoms with Crippen LogP contribution in [-0.4, -0.2) is 18.9 Å². The molecule has 0 bridgehead atoms. The van der Waals surface area contributed by atoms with Crippen molar-refractivity contribution in [3.05, 3.63) is 92.0 Å². The molecule has 1 aliphatic rings. The van der Waals surface area contributed by atoms with Gasteiger partial charge in [0.05, 0.1) is 16.4 Å². The van der Waals surface area contributed by atoms with E-state index >= 15 is 0 Å². The molecule has 0 unspecified atom stereocenters. The van der Waals surface area contributed by atoms with Gasteiger partial charge in [-0.25, -0.2) is 5.01 Å². The number of halogens is 2. The number of nitrogens with zero attached hydrogens (tertiary/aromatic N) is 1. The predicted molar refractivity (Wildman–Crippen MR) is 132 cm³/mol. The molecule has 0 atom stereocenters. The van der Waals surface area contributed by atoms with Gasteiger partial charge in [-0.1, -0.05) is 48.0 Å². The Morgan fingerprint density at radius 3 is 2.50 bits per heavy atom. The second-order valence-corrected chi connectivity index (χ2v) is 8.46. The number of ether oxygens (including phenoxy) is 2. The van der Waals surface area contributed by atoms with Gasteiger partial charge in [-0.2, -0.15) is 0 Å². The summed E-state index contributed by atoms with van der Waals surface area (Å²) in [5, 5.41) is 1.86. The highest BCUT2D eigenvalue weighted by Crippen LogP contribution is 2.36. The van der Waals surface area contributed by atoms with E-state index in [1.54, 1.807) is 42.5 Å². The van der Waals surface area contributed by atoms with Crippen LogP contribution in [0.2, 0.25) is 5.02 Å². The molecule has 1 N–H and O–H groups in total. The molecule has 2 amide bonds. The van der Waals surface area contributed by atoms with Crippen LogP contribution >= 0.6 is 34.2 Å². The second kappa shape index (κ2) is 9.62. The van der Waals surface area contributed by atoms with E-state index in [4.69, 9.17) is 21.1 Å². The maximum atomic E-state index is 12.8. The Bertz CT molecular complexity index is 1210. The predicted octanol–water partition coefficient (Wildman–Crippen LogP) is 4.99. The number of methoxy groups -OCH3 is 1. The summed E-state index contributed by atoms with van der Waals surface area (Å²) >= 11 is 8.35. The van der Waals surface area contributed by atoms with Crippen molar-refractivity contribution in [1.29, 1.82) is 0 Å². The molecule has 1 heterocycles. The molecular weight excluding hydrogens is 543 g/mol. The second-order valence-electron chi connectivity index (χ2n) is 6.89. The molecule has 8 heteroatoms. The van der Waals surface area contributed by atoms with Crippen molar-refractivity contribution < 1.29 is 19.1 Å². The molecule has 1 saturated heterocycles. The molecule has 0 radical (unpaired) electrons. The Hall–Kier alpha value is -3.04. The number of hydrogen-bond donors (Lipinski definition) is 1. The standard InChI is InChI=1S/C24H18ClIN2O4/c1-31-21-13-15(12-20(26)22(21)32-14-16-7-5-6-10-19(16)25)11-18-23(29)27-28(24(18)30)17-8-3-2-4-9-17/h2-13H,14H2,1H3,(H,27,29)/b18-11-. The number of benzene rings is 3. The summed E-state index contributed by atoms with van der Waals surface area (Å²) in [5.74, 6) is 0.158. The normalized spacial score (nSPS) is 14.6. The number of carbonyl (C=O) groups excluding carboxylic acids is 2. The van der Waals surface area contributed by atoms with Gasteiger partial charge in [0.15, 0.2) is 11.5 Å². The van der Waals surface area contributed by atoms with Gasteiger partial charge in [-0.05, 0) is 64.6 Å². The zero-order valence-electron chi connectivity index (χ0n) is 17.0. The van der Waals surface area contributed by atoms with Gasteiger partial charge < -0.3 is 9.47 Å². The van der Waals surface area contributed by atoms with Crippen molar-refractivity contribution in [3.8, 4) is 11.5 Å². The minimum absolute atomic E-state index is 0.0384. The first-order valence-corrected chi connectivity index (χ1v) is 11.1. The highest BCUT2D eigenvalue weighted by Gasteiger charge is 2.34. The molecule has 3 aromatic carbocycles. The lowest BCUT2D eigenvalue weighted by molar-refractivity contribution is -0.117. The van der Waals surface area contributed by atoms with E-state index in [2.05, 4.69) is 28.0 Å². The van der Waals surface area contributed by atoms with Gasteiger partial charge in [0.2, 0.25) is 0 Å². The first-order chi connectivity index (χ1) is 15.5. The molecule has 4 rings (SSSR count). The van der Waals surface area contributed by atoms with E-state index in [1.807, 2.05) is 30.3 Å². The smallest absolute Gasteiger partial charge is 0.282 e. The molecule has 32 heavy (non-hydrogen) atoms. The summed E-state index contributed by atoms with van der Waals surface area (Å²) < 4.78 is 12.3. The van der Waals surface area contributed by atoms with E-state index in [9.17, 15) is 9.59 Å². The molecule has 0 spiro atoms. The van der Waals surface area contributed by atoms with Crippen LogP contribution in [0.1, 0.15) is 11.1 Å².